The lowest BCUT2D eigenvalue weighted by Gasteiger charge is -1.98. The molecule has 0 aliphatic heterocycles. The average Bonchev–Trinajstić information content (AvgIpc) is 2.15. The van der Waals surface area contributed by atoms with Gasteiger partial charge >= 0.3 is 5.69 Å². The van der Waals surface area contributed by atoms with Gasteiger partial charge in [0.25, 0.3) is 5.56 Å². The van der Waals surface area contributed by atoms with E-state index >= 15 is 0 Å². The molecule has 0 amide bonds. The largest absolute Gasteiger partial charge is 0.325 e. The zero-order valence-electron chi connectivity index (χ0n) is 8.13. The van der Waals surface area contributed by atoms with Crippen LogP contribution in [0.1, 0.15) is 26.2 Å². The van der Waals surface area contributed by atoms with Gasteiger partial charge in [0.2, 0.25) is 0 Å². The van der Waals surface area contributed by atoms with Crippen molar-refractivity contribution in [1.29, 1.82) is 0 Å². The molecule has 0 saturated carbocycles. The summed E-state index contributed by atoms with van der Waals surface area (Å²) < 4.78 is 0. The van der Waals surface area contributed by atoms with Gasteiger partial charge in [-0.3, -0.25) is 9.78 Å². The quantitative estimate of drug-likeness (QED) is 0.574. The lowest BCUT2D eigenvalue weighted by atomic mass is 10.3. The highest BCUT2D eigenvalue weighted by molar-refractivity contribution is 7.99. The van der Waals surface area contributed by atoms with E-state index in [1.54, 1.807) is 0 Å². The van der Waals surface area contributed by atoms with Gasteiger partial charge in [0.05, 0.1) is 4.90 Å². The zero-order valence-corrected chi connectivity index (χ0v) is 8.95. The van der Waals surface area contributed by atoms with Crippen LogP contribution in [-0.4, -0.2) is 15.7 Å². The molecule has 0 aliphatic carbocycles. The summed E-state index contributed by atoms with van der Waals surface area (Å²) in [5.74, 6) is 0.920. The molecule has 78 valence electrons. The highest BCUT2D eigenvalue weighted by Gasteiger charge is 1.99. The van der Waals surface area contributed by atoms with Crippen molar-refractivity contribution in [3.8, 4) is 0 Å². The number of hydrogen-bond acceptors (Lipinski definition) is 3. The maximum atomic E-state index is 11.2. The first-order valence-corrected chi connectivity index (χ1v) is 5.67. The molecule has 1 aromatic rings. The fourth-order valence-electron chi connectivity index (χ4n) is 1.04. The molecule has 1 heterocycles. The van der Waals surface area contributed by atoms with Crippen LogP contribution in [0.25, 0.3) is 0 Å². The summed E-state index contributed by atoms with van der Waals surface area (Å²) >= 11 is 1.48. The normalized spacial score (nSPS) is 10.4. The number of rotatable bonds is 5. The standard InChI is InChI=1S/C9H14N2O2S/c1-2-3-4-5-14-7-6-10-9(13)11-8(7)12/h6H,2-5H2,1H3,(H2,10,11,12,13). The molecule has 0 radical (unpaired) electrons. The molecule has 0 atom stereocenters. The van der Waals surface area contributed by atoms with Crippen LogP contribution in [0.2, 0.25) is 0 Å². The molecule has 0 aromatic carbocycles. The number of thioether (sulfide) groups is 1. The minimum absolute atomic E-state index is 0.296. The van der Waals surface area contributed by atoms with Crippen molar-refractivity contribution in [2.24, 2.45) is 0 Å². The molecule has 0 bridgehead atoms. The van der Waals surface area contributed by atoms with Gasteiger partial charge in [0, 0.05) is 6.20 Å². The maximum Gasteiger partial charge on any atom is 0.325 e. The van der Waals surface area contributed by atoms with Crippen LogP contribution in [0.15, 0.2) is 20.7 Å². The second kappa shape index (κ2) is 5.70. The van der Waals surface area contributed by atoms with Crippen molar-refractivity contribution in [3.05, 3.63) is 27.0 Å². The number of hydrogen-bond donors (Lipinski definition) is 2. The van der Waals surface area contributed by atoms with Crippen molar-refractivity contribution in [1.82, 2.24) is 9.97 Å². The summed E-state index contributed by atoms with van der Waals surface area (Å²) in [7, 11) is 0. The average molecular weight is 214 g/mol. The topological polar surface area (TPSA) is 65.7 Å². The van der Waals surface area contributed by atoms with E-state index in [4.69, 9.17) is 0 Å². The van der Waals surface area contributed by atoms with Crippen LogP contribution in [0.3, 0.4) is 0 Å². The van der Waals surface area contributed by atoms with E-state index in [2.05, 4.69) is 16.9 Å². The summed E-state index contributed by atoms with van der Waals surface area (Å²) in [5.41, 5.74) is -0.747. The molecular weight excluding hydrogens is 200 g/mol. The Morgan fingerprint density at radius 3 is 2.79 bits per heavy atom. The summed E-state index contributed by atoms with van der Waals surface area (Å²) in [4.78, 5) is 27.1. The fraction of sp³-hybridized carbons (Fsp3) is 0.556. The number of unbranched alkanes of at least 4 members (excludes halogenated alkanes) is 2. The Labute approximate surface area is 86.1 Å². The molecule has 0 spiro atoms. The van der Waals surface area contributed by atoms with E-state index in [1.807, 2.05) is 0 Å². The maximum absolute atomic E-state index is 11.2. The van der Waals surface area contributed by atoms with Gasteiger partial charge in [-0.2, -0.15) is 0 Å². The summed E-state index contributed by atoms with van der Waals surface area (Å²) in [6.45, 7) is 2.14. The number of aromatic nitrogens is 2. The van der Waals surface area contributed by atoms with Gasteiger partial charge < -0.3 is 4.98 Å². The molecule has 1 rings (SSSR count). The predicted molar refractivity (Wildman–Crippen MR) is 57.9 cm³/mol. The van der Waals surface area contributed by atoms with Gasteiger partial charge in [0.1, 0.15) is 0 Å². The van der Waals surface area contributed by atoms with Crippen LogP contribution >= 0.6 is 11.8 Å². The Balaban J connectivity index is 2.51. The van der Waals surface area contributed by atoms with Crippen LogP contribution < -0.4 is 11.2 Å². The molecule has 0 aliphatic rings. The first-order valence-electron chi connectivity index (χ1n) is 4.69. The third kappa shape index (κ3) is 3.41. The Morgan fingerprint density at radius 2 is 2.14 bits per heavy atom. The van der Waals surface area contributed by atoms with Crippen molar-refractivity contribution < 1.29 is 0 Å². The Kier molecular flexibility index (Phi) is 4.52. The van der Waals surface area contributed by atoms with Crippen molar-refractivity contribution in [2.45, 2.75) is 31.1 Å². The first-order chi connectivity index (χ1) is 6.74. The van der Waals surface area contributed by atoms with Gasteiger partial charge in [0.15, 0.2) is 0 Å². The molecular formula is C9H14N2O2S. The summed E-state index contributed by atoms with van der Waals surface area (Å²) in [6.07, 6.45) is 4.91. The molecule has 0 fully saturated rings. The van der Waals surface area contributed by atoms with Crippen molar-refractivity contribution >= 4 is 11.8 Å². The molecule has 14 heavy (non-hydrogen) atoms. The summed E-state index contributed by atoms with van der Waals surface area (Å²) in [5, 5.41) is 0. The second-order valence-electron chi connectivity index (χ2n) is 2.99. The minimum atomic E-state index is -0.451. The van der Waals surface area contributed by atoms with E-state index in [0.29, 0.717) is 4.90 Å². The molecule has 4 nitrogen and oxygen atoms in total. The minimum Gasteiger partial charge on any atom is -0.313 e. The van der Waals surface area contributed by atoms with Crippen LogP contribution in [0.5, 0.6) is 0 Å². The Bertz CT molecular complexity index is 383. The highest BCUT2D eigenvalue weighted by Crippen LogP contribution is 2.13. The van der Waals surface area contributed by atoms with E-state index in [-0.39, 0.29) is 5.56 Å². The second-order valence-corrected chi connectivity index (χ2v) is 4.13. The summed E-state index contributed by atoms with van der Waals surface area (Å²) in [6, 6.07) is 0. The SMILES string of the molecule is CCCCCSc1c[nH]c(=O)[nH]c1=O. The fourth-order valence-corrected chi connectivity index (χ4v) is 1.93. The lowest BCUT2D eigenvalue weighted by Crippen LogP contribution is -2.22. The molecule has 2 N–H and O–H groups in total. The van der Waals surface area contributed by atoms with Crippen LogP contribution in [0, 0.1) is 0 Å². The van der Waals surface area contributed by atoms with Crippen molar-refractivity contribution in [3.63, 3.8) is 0 Å². The first kappa shape index (κ1) is 11.1. The highest BCUT2D eigenvalue weighted by atomic mass is 32.2. The van der Waals surface area contributed by atoms with E-state index in [0.717, 1.165) is 12.2 Å². The Morgan fingerprint density at radius 1 is 1.36 bits per heavy atom. The smallest absolute Gasteiger partial charge is 0.313 e. The van der Waals surface area contributed by atoms with Gasteiger partial charge in [-0.25, -0.2) is 4.79 Å². The predicted octanol–water partition coefficient (Wildman–Crippen LogP) is 1.35. The van der Waals surface area contributed by atoms with E-state index in [9.17, 15) is 9.59 Å². The van der Waals surface area contributed by atoms with E-state index in [1.165, 1.54) is 30.8 Å². The third-order valence-corrected chi connectivity index (χ3v) is 2.90. The van der Waals surface area contributed by atoms with E-state index < -0.39 is 5.69 Å². The van der Waals surface area contributed by atoms with Crippen LogP contribution in [0.4, 0.5) is 0 Å². The van der Waals surface area contributed by atoms with Crippen LogP contribution in [-0.2, 0) is 0 Å². The molecule has 1 aromatic heterocycles. The number of nitrogens with one attached hydrogen (secondary N) is 2. The van der Waals surface area contributed by atoms with Gasteiger partial charge in [-0.15, -0.1) is 11.8 Å². The number of aromatic amines is 2. The molecule has 0 unspecified atom stereocenters. The Hall–Kier alpha value is -0.970. The molecule has 0 saturated heterocycles. The zero-order chi connectivity index (χ0) is 10.4. The van der Waals surface area contributed by atoms with Crippen molar-refractivity contribution in [2.75, 3.05) is 5.75 Å². The number of H-pyrrole nitrogens is 2. The third-order valence-electron chi connectivity index (χ3n) is 1.79. The van der Waals surface area contributed by atoms with Gasteiger partial charge in [-0.1, -0.05) is 19.8 Å². The monoisotopic (exact) mass is 214 g/mol. The lowest BCUT2D eigenvalue weighted by molar-refractivity contribution is 0.778. The molecule has 5 heteroatoms. The van der Waals surface area contributed by atoms with Gasteiger partial charge in [-0.05, 0) is 12.2 Å².